The Hall–Kier alpha value is -2.63. The Morgan fingerprint density at radius 1 is 1.21 bits per heavy atom. The van der Waals surface area contributed by atoms with E-state index >= 15 is 0 Å². The highest BCUT2D eigenvalue weighted by Gasteiger charge is 2.36. The van der Waals surface area contributed by atoms with Crippen LogP contribution in [0.25, 0.3) is 0 Å². The Morgan fingerprint density at radius 3 is 2.36 bits per heavy atom. The number of ether oxygens (including phenoxy) is 1. The van der Waals surface area contributed by atoms with E-state index in [-0.39, 0.29) is 24.3 Å². The summed E-state index contributed by atoms with van der Waals surface area (Å²) in [4.78, 5) is 38.8. The molecule has 0 bridgehead atoms. The van der Waals surface area contributed by atoms with E-state index in [1.165, 1.54) is 6.08 Å². The summed E-state index contributed by atoms with van der Waals surface area (Å²) in [7, 11) is 0. The molecule has 1 aromatic carbocycles. The van der Waals surface area contributed by atoms with E-state index in [0.29, 0.717) is 25.9 Å². The van der Waals surface area contributed by atoms with Gasteiger partial charge in [0.15, 0.2) is 0 Å². The molecule has 152 valence electrons. The summed E-state index contributed by atoms with van der Waals surface area (Å²) in [6.45, 7) is 10.4. The molecule has 2 amide bonds. The van der Waals surface area contributed by atoms with Gasteiger partial charge in [-0.15, -0.1) is 0 Å². The van der Waals surface area contributed by atoms with E-state index in [1.54, 1.807) is 4.90 Å². The Labute approximate surface area is 166 Å². The monoisotopic (exact) mass is 386 g/mol. The molecule has 1 atom stereocenters. The van der Waals surface area contributed by atoms with E-state index in [0.717, 1.165) is 5.56 Å². The van der Waals surface area contributed by atoms with Crippen LogP contribution in [-0.2, 0) is 25.7 Å². The lowest BCUT2D eigenvalue weighted by Crippen LogP contribution is -2.52. The second-order valence-electron chi connectivity index (χ2n) is 8.20. The van der Waals surface area contributed by atoms with Gasteiger partial charge in [-0.25, -0.2) is 4.79 Å². The highest BCUT2D eigenvalue weighted by Crippen LogP contribution is 2.23. The van der Waals surface area contributed by atoms with Crippen LogP contribution in [0.1, 0.15) is 39.2 Å². The molecule has 1 heterocycles. The molecule has 1 aromatic rings. The molecule has 28 heavy (non-hydrogen) atoms. The number of benzene rings is 1. The molecule has 6 nitrogen and oxygen atoms in total. The Morgan fingerprint density at radius 2 is 1.82 bits per heavy atom. The number of carbonyl (C=O) groups is 3. The number of amides is 2. The third-order valence-corrected chi connectivity index (χ3v) is 4.96. The fraction of sp³-hybridized carbons (Fsp3) is 0.500. The summed E-state index contributed by atoms with van der Waals surface area (Å²) in [6.07, 6.45) is 2.43. The van der Waals surface area contributed by atoms with Gasteiger partial charge in [-0.05, 0) is 29.9 Å². The van der Waals surface area contributed by atoms with Gasteiger partial charge in [-0.1, -0.05) is 57.7 Å². The molecule has 1 N–H and O–H groups in total. The molecular formula is C22H30N2O4. The van der Waals surface area contributed by atoms with Crippen LogP contribution in [-0.4, -0.2) is 41.8 Å². The lowest BCUT2D eigenvalue weighted by molar-refractivity contribution is -0.153. The van der Waals surface area contributed by atoms with Crippen LogP contribution in [0.2, 0.25) is 0 Å². The SMILES string of the molecule is C=CC(=O)N1CCC(C(=O)N[C@H](C(=O)OCc2ccccc2)C(C)(C)C)CC1. The molecule has 0 spiro atoms. The molecule has 6 heteroatoms. The van der Waals surface area contributed by atoms with Crippen molar-refractivity contribution in [2.45, 2.75) is 46.3 Å². The summed E-state index contributed by atoms with van der Waals surface area (Å²) in [5, 5.41) is 2.88. The first-order valence-electron chi connectivity index (χ1n) is 9.64. The molecule has 0 radical (unpaired) electrons. The van der Waals surface area contributed by atoms with Crippen molar-refractivity contribution in [1.82, 2.24) is 10.2 Å². The fourth-order valence-electron chi connectivity index (χ4n) is 3.19. The number of likely N-dealkylation sites (tertiary alicyclic amines) is 1. The van der Waals surface area contributed by atoms with E-state index in [9.17, 15) is 14.4 Å². The summed E-state index contributed by atoms with van der Waals surface area (Å²) in [5.74, 6) is -0.942. The minimum absolute atomic E-state index is 0.115. The highest BCUT2D eigenvalue weighted by atomic mass is 16.5. The molecule has 0 unspecified atom stereocenters. The predicted octanol–water partition coefficient (Wildman–Crippen LogP) is 2.69. The van der Waals surface area contributed by atoms with Crippen LogP contribution >= 0.6 is 0 Å². The molecule has 0 aromatic heterocycles. The molecule has 0 aliphatic carbocycles. The summed E-state index contributed by atoms with van der Waals surface area (Å²) in [5.41, 5.74) is 0.414. The first-order chi connectivity index (χ1) is 13.2. The maximum Gasteiger partial charge on any atom is 0.329 e. The van der Waals surface area contributed by atoms with Crippen molar-refractivity contribution in [2.24, 2.45) is 11.3 Å². The topological polar surface area (TPSA) is 75.7 Å². The number of nitrogens with zero attached hydrogens (tertiary/aromatic N) is 1. The second-order valence-corrected chi connectivity index (χ2v) is 8.20. The van der Waals surface area contributed by atoms with Crippen LogP contribution < -0.4 is 5.32 Å². The van der Waals surface area contributed by atoms with Gasteiger partial charge >= 0.3 is 5.97 Å². The van der Waals surface area contributed by atoms with Crippen LogP contribution in [0, 0.1) is 11.3 Å². The Bertz CT molecular complexity index is 701. The fourth-order valence-corrected chi connectivity index (χ4v) is 3.19. The average molecular weight is 386 g/mol. The van der Waals surface area contributed by atoms with E-state index in [2.05, 4.69) is 11.9 Å². The van der Waals surface area contributed by atoms with Crippen molar-refractivity contribution >= 4 is 17.8 Å². The van der Waals surface area contributed by atoms with Gasteiger partial charge in [0.1, 0.15) is 12.6 Å². The lowest BCUT2D eigenvalue weighted by Gasteiger charge is -2.34. The predicted molar refractivity (Wildman–Crippen MR) is 107 cm³/mol. The number of carbonyl (C=O) groups excluding carboxylic acids is 3. The largest absolute Gasteiger partial charge is 0.459 e. The molecule has 1 saturated heterocycles. The number of esters is 1. The molecule has 1 aliphatic rings. The van der Waals surface area contributed by atoms with E-state index in [4.69, 9.17) is 4.74 Å². The van der Waals surface area contributed by atoms with Crippen molar-refractivity contribution in [3.8, 4) is 0 Å². The quantitative estimate of drug-likeness (QED) is 0.602. The van der Waals surface area contributed by atoms with Crippen LogP contribution in [0.4, 0.5) is 0 Å². The molecular weight excluding hydrogens is 356 g/mol. The highest BCUT2D eigenvalue weighted by molar-refractivity contribution is 5.88. The maximum atomic E-state index is 12.7. The summed E-state index contributed by atoms with van der Waals surface area (Å²) >= 11 is 0. The lowest BCUT2D eigenvalue weighted by atomic mass is 9.85. The first kappa shape index (κ1) is 21.7. The maximum absolute atomic E-state index is 12.7. The summed E-state index contributed by atoms with van der Waals surface area (Å²) < 4.78 is 5.45. The zero-order valence-electron chi connectivity index (χ0n) is 16.9. The Balaban J connectivity index is 1.94. The van der Waals surface area contributed by atoms with Crippen LogP contribution in [0.5, 0.6) is 0 Å². The molecule has 0 saturated carbocycles. The number of nitrogens with one attached hydrogen (secondary N) is 1. The van der Waals surface area contributed by atoms with Gasteiger partial charge in [0.05, 0.1) is 0 Å². The average Bonchev–Trinajstić information content (AvgIpc) is 2.69. The number of hydrogen-bond donors (Lipinski definition) is 1. The third-order valence-electron chi connectivity index (χ3n) is 4.96. The number of piperidine rings is 1. The smallest absolute Gasteiger partial charge is 0.329 e. The number of hydrogen-bond acceptors (Lipinski definition) is 4. The van der Waals surface area contributed by atoms with Gasteiger partial charge in [-0.3, -0.25) is 9.59 Å². The normalized spacial score (nSPS) is 16.2. The molecule has 2 rings (SSSR count). The van der Waals surface area contributed by atoms with Crippen LogP contribution in [0.15, 0.2) is 43.0 Å². The third kappa shape index (κ3) is 5.94. The van der Waals surface area contributed by atoms with Crippen LogP contribution in [0.3, 0.4) is 0 Å². The van der Waals surface area contributed by atoms with Crippen molar-refractivity contribution < 1.29 is 19.1 Å². The van der Waals surface area contributed by atoms with Crippen molar-refractivity contribution in [3.63, 3.8) is 0 Å². The Kier molecular flexibility index (Phi) is 7.38. The summed E-state index contributed by atoms with van der Waals surface area (Å²) in [6, 6.07) is 8.70. The van der Waals surface area contributed by atoms with Crippen molar-refractivity contribution in [3.05, 3.63) is 48.6 Å². The first-order valence-corrected chi connectivity index (χ1v) is 9.64. The number of rotatable bonds is 6. The minimum Gasteiger partial charge on any atom is -0.459 e. The van der Waals surface area contributed by atoms with Gasteiger partial charge in [-0.2, -0.15) is 0 Å². The van der Waals surface area contributed by atoms with Gasteiger partial charge in [0.25, 0.3) is 0 Å². The van der Waals surface area contributed by atoms with E-state index < -0.39 is 17.4 Å². The van der Waals surface area contributed by atoms with E-state index in [1.807, 2.05) is 51.1 Å². The van der Waals surface area contributed by atoms with Gasteiger partial charge in [0.2, 0.25) is 11.8 Å². The van der Waals surface area contributed by atoms with Crippen molar-refractivity contribution in [2.75, 3.05) is 13.1 Å². The van der Waals surface area contributed by atoms with Gasteiger partial charge in [0, 0.05) is 19.0 Å². The standard InChI is InChI=1S/C22H30N2O4/c1-5-18(25)24-13-11-17(12-14-24)20(26)23-19(22(2,3)4)21(27)28-15-16-9-7-6-8-10-16/h5-10,17,19H,1,11-15H2,2-4H3,(H,23,26)/t19-/m1/s1. The van der Waals surface area contributed by atoms with Gasteiger partial charge < -0.3 is 15.0 Å². The zero-order valence-corrected chi connectivity index (χ0v) is 16.9. The molecule has 1 fully saturated rings. The second kappa shape index (κ2) is 9.53. The minimum atomic E-state index is -0.739. The zero-order chi connectivity index (χ0) is 20.7. The molecule has 1 aliphatic heterocycles. The van der Waals surface area contributed by atoms with Crippen molar-refractivity contribution in [1.29, 1.82) is 0 Å².